The van der Waals surface area contributed by atoms with Gasteiger partial charge in [-0.1, -0.05) is 105 Å². The number of nitrogen functional groups attached to an aromatic ring is 1. The number of nitrogens with one attached hydrogen (secondary N) is 2. The maximum Gasteiger partial charge on any atom is 0.0545 e. The first kappa shape index (κ1) is 26.6. The van der Waals surface area contributed by atoms with Gasteiger partial charge in [0.05, 0.1) is 11.4 Å². The van der Waals surface area contributed by atoms with E-state index in [1.807, 2.05) is 6.07 Å². The van der Waals surface area contributed by atoms with Crippen molar-refractivity contribution in [3.8, 4) is 11.1 Å². The lowest BCUT2D eigenvalue weighted by Crippen LogP contribution is -2.15. The zero-order chi connectivity index (χ0) is 31.0. The molecule has 0 saturated heterocycles. The number of rotatable bonds is 4. The van der Waals surface area contributed by atoms with E-state index in [0.717, 1.165) is 28.4 Å². The van der Waals surface area contributed by atoms with Crippen LogP contribution >= 0.6 is 0 Å². The highest BCUT2D eigenvalue weighted by Crippen LogP contribution is 2.53. The average molecular weight is 592 g/mol. The summed E-state index contributed by atoms with van der Waals surface area (Å²) in [6, 6.07) is 50.2. The molecule has 3 heteroatoms. The molecule has 1 aliphatic rings. The summed E-state index contributed by atoms with van der Waals surface area (Å²) in [6.07, 6.45) is 0. The molecule has 0 heterocycles. The molecule has 0 unspecified atom stereocenters. The van der Waals surface area contributed by atoms with Crippen molar-refractivity contribution in [2.75, 3.05) is 16.4 Å². The lowest BCUT2D eigenvalue weighted by atomic mass is 9.81. The van der Waals surface area contributed by atoms with E-state index < -0.39 is 0 Å². The number of nitrogens with two attached hydrogens (primary N) is 1. The molecule has 0 spiro atoms. The van der Waals surface area contributed by atoms with E-state index in [-0.39, 0.29) is 5.41 Å². The zero-order valence-corrected chi connectivity index (χ0v) is 25.9. The van der Waals surface area contributed by atoms with Gasteiger partial charge in [-0.2, -0.15) is 0 Å². The number of fused-ring (bicyclic) bond motifs is 7. The Morgan fingerprint density at radius 1 is 0.435 bits per heavy atom. The van der Waals surface area contributed by atoms with Gasteiger partial charge in [-0.15, -0.1) is 0 Å². The highest BCUT2D eigenvalue weighted by Gasteiger charge is 2.36. The van der Waals surface area contributed by atoms with E-state index >= 15 is 0 Å². The zero-order valence-electron chi connectivity index (χ0n) is 25.9. The third kappa shape index (κ3) is 4.05. The van der Waals surface area contributed by atoms with Crippen LogP contribution in [0.15, 0.2) is 140 Å². The van der Waals surface area contributed by atoms with E-state index in [0.29, 0.717) is 0 Å². The van der Waals surface area contributed by atoms with Crippen LogP contribution in [0.3, 0.4) is 0 Å². The number of hydrogen-bond acceptors (Lipinski definition) is 3. The summed E-state index contributed by atoms with van der Waals surface area (Å²) in [7, 11) is 0. The molecule has 4 N–H and O–H groups in total. The number of anilines is 5. The van der Waals surface area contributed by atoms with Gasteiger partial charge < -0.3 is 16.4 Å². The number of hydrogen-bond donors (Lipinski definition) is 3. The van der Waals surface area contributed by atoms with Crippen molar-refractivity contribution < 1.29 is 0 Å². The van der Waals surface area contributed by atoms with Crippen molar-refractivity contribution in [3.63, 3.8) is 0 Å². The maximum absolute atomic E-state index is 6.33. The molecule has 46 heavy (non-hydrogen) atoms. The minimum atomic E-state index is -0.188. The lowest BCUT2D eigenvalue weighted by molar-refractivity contribution is 0.661. The summed E-state index contributed by atoms with van der Waals surface area (Å²) in [5.74, 6) is 0. The standard InChI is InChI=1S/C43H33N3/c1-43(2)39-23-30(44)17-20-33(39)36-24-37-38(25-40(36)43)42(46-32-19-16-27-10-4-6-12-29(27)22-32)35-14-8-7-13-34(35)41(37)45-31-18-15-26-9-3-5-11-28(26)21-31/h3-25,45-46H,44H2,1-2H3. The molecule has 9 rings (SSSR count). The lowest BCUT2D eigenvalue weighted by Gasteiger charge is -2.24. The third-order valence-corrected chi connectivity index (χ3v) is 9.88. The van der Waals surface area contributed by atoms with Gasteiger partial charge in [-0.3, -0.25) is 0 Å². The molecule has 0 bridgehead atoms. The van der Waals surface area contributed by atoms with Crippen molar-refractivity contribution >= 4 is 71.5 Å². The average Bonchev–Trinajstić information content (AvgIpc) is 3.30. The Bertz CT molecular complexity index is 2520. The predicted molar refractivity (Wildman–Crippen MR) is 198 cm³/mol. The fourth-order valence-electron chi connectivity index (χ4n) is 7.51. The summed E-state index contributed by atoms with van der Waals surface area (Å²) in [6.45, 7) is 4.63. The minimum Gasteiger partial charge on any atom is -0.399 e. The molecular formula is C43H33N3. The molecule has 1 aliphatic carbocycles. The van der Waals surface area contributed by atoms with Crippen molar-refractivity contribution in [2.24, 2.45) is 0 Å². The summed E-state index contributed by atoms with van der Waals surface area (Å²) in [5, 5.41) is 17.4. The van der Waals surface area contributed by atoms with Crippen LogP contribution in [-0.4, -0.2) is 0 Å². The minimum absolute atomic E-state index is 0.188. The van der Waals surface area contributed by atoms with Crippen molar-refractivity contribution in [2.45, 2.75) is 19.3 Å². The van der Waals surface area contributed by atoms with Gasteiger partial charge in [0.15, 0.2) is 0 Å². The molecule has 0 amide bonds. The van der Waals surface area contributed by atoms with Gasteiger partial charge >= 0.3 is 0 Å². The van der Waals surface area contributed by atoms with Crippen LogP contribution < -0.4 is 16.4 Å². The fraction of sp³-hybridized carbons (Fsp3) is 0.0698. The molecule has 8 aromatic carbocycles. The molecule has 0 atom stereocenters. The van der Waals surface area contributed by atoms with Crippen molar-refractivity contribution in [3.05, 3.63) is 151 Å². The van der Waals surface area contributed by atoms with Crippen LogP contribution in [0, 0.1) is 0 Å². The molecule has 0 aromatic heterocycles. The van der Waals surface area contributed by atoms with Crippen LogP contribution in [0.2, 0.25) is 0 Å². The van der Waals surface area contributed by atoms with Crippen LogP contribution in [-0.2, 0) is 5.41 Å². The van der Waals surface area contributed by atoms with Gasteiger partial charge in [0.2, 0.25) is 0 Å². The van der Waals surface area contributed by atoms with E-state index in [1.165, 1.54) is 65.3 Å². The molecule has 0 aliphatic heterocycles. The van der Waals surface area contributed by atoms with Crippen LogP contribution in [0.5, 0.6) is 0 Å². The second kappa shape index (κ2) is 9.85. The summed E-state index contributed by atoms with van der Waals surface area (Å²) >= 11 is 0. The molecule has 0 fully saturated rings. The molecule has 0 saturated carbocycles. The highest BCUT2D eigenvalue weighted by molar-refractivity contribution is 6.22. The predicted octanol–water partition coefficient (Wildman–Crippen LogP) is 11.7. The molecule has 220 valence electrons. The normalized spacial score (nSPS) is 13.3. The van der Waals surface area contributed by atoms with E-state index in [1.54, 1.807) is 0 Å². The quantitative estimate of drug-likeness (QED) is 0.108. The Kier molecular flexibility index (Phi) is 5.69. The van der Waals surface area contributed by atoms with Gasteiger partial charge in [-0.25, -0.2) is 0 Å². The Labute approximate surface area is 268 Å². The van der Waals surface area contributed by atoms with Gasteiger partial charge in [0.25, 0.3) is 0 Å². The summed E-state index contributed by atoms with van der Waals surface area (Å²) in [4.78, 5) is 0. The third-order valence-electron chi connectivity index (χ3n) is 9.88. The Morgan fingerprint density at radius 2 is 0.935 bits per heavy atom. The second-order valence-electron chi connectivity index (χ2n) is 13.0. The second-order valence-corrected chi connectivity index (χ2v) is 13.0. The first-order chi connectivity index (χ1) is 22.4. The fourth-order valence-corrected chi connectivity index (χ4v) is 7.51. The molecule has 8 aromatic rings. The molecule has 3 nitrogen and oxygen atoms in total. The Hall–Kier alpha value is -5.80. The van der Waals surface area contributed by atoms with E-state index in [2.05, 4.69) is 158 Å². The van der Waals surface area contributed by atoms with E-state index in [9.17, 15) is 0 Å². The van der Waals surface area contributed by atoms with Gasteiger partial charge in [-0.05, 0) is 92.3 Å². The number of benzene rings is 8. The Balaban J connectivity index is 1.33. The molecule has 0 radical (unpaired) electrons. The van der Waals surface area contributed by atoms with Crippen LogP contribution in [0.25, 0.3) is 54.2 Å². The Morgan fingerprint density at radius 3 is 1.52 bits per heavy atom. The van der Waals surface area contributed by atoms with Gasteiger partial charge in [0.1, 0.15) is 0 Å². The first-order valence-corrected chi connectivity index (χ1v) is 15.9. The smallest absolute Gasteiger partial charge is 0.0545 e. The maximum atomic E-state index is 6.33. The molecular weight excluding hydrogens is 558 g/mol. The van der Waals surface area contributed by atoms with Gasteiger partial charge in [0, 0.05) is 44.0 Å². The topological polar surface area (TPSA) is 50.1 Å². The van der Waals surface area contributed by atoms with Crippen LogP contribution in [0.1, 0.15) is 25.0 Å². The largest absolute Gasteiger partial charge is 0.399 e. The van der Waals surface area contributed by atoms with Crippen LogP contribution in [0.4, 0.5) is 28.4 Å². The SMILES string of the molecule is CC1(C)c2cc(N)ccc2-c2cc3c(Nc4ccc5ccccc5c4)c4ccccc4c(Nc4ccc5ccccc5c4)c3cc21. The van der Waals surface area contributed by atoms with E-state index in [4.69, 9.17) is 5.73 Å². The summed E-state index contributed by atoms with van der Waals surface area (Å²) < 4.78 is 0. The highest BCUT2D eigenvalue weighted by atomic mass is 14.9. The first-order valence-electron chi connectivity index (χ1n) is 15.9. The van der Waals surface area contributed by atoms with Crippen molar-refractivity contribution in [1.82, 2.24) is 0 Å². The summed E-state index contributed by atoms with van der Waals surface area (Å²) in [5.41, 5.74) is 16.4. The monoisotopic (exact) mass is 591 g/mol. The van der Waals surface area contributed by atoms with Crippen molar-refractivity contribution in [1.29, 1.82) is 0 Å².